The lowest BCUT2D eigenvalue weighted by Crippen LogP contribution is -2.01. The molecule has 1 heterocycles. The molecular weight excluding hydrogens is 284 g/mol. The van der Waals surface area contributed by atoms with Gasteiger partial charge in [0, 0.05) is 0 Å². The SMILES string of the molecule is O=[N+]([O-])c1nn(Cc2ccc(Cl)c(F)c2)cc1Cl. The Labute approximate surface area is 111 Å². The monoisotopic (exact) mass is 289 g/mol. The van der Waals surface area contributed by atoms with E-state index in [1.54, 1.807) is 6.07 Å². The summed E-state index contributed by atoms with van der Waals surface area (Å²) in [5.74, 6) is -0.979. The van der Waals surface area contributed by atoms with Gasteiger partial charge in [0.05, 0.1) is 22.9 Å². The van der Waals surface area contributed by atoms with E-state index in [1.165, 1.54) is 23.0 Å². The van der Waals surface area contributed by atoms with Gasteiger partial charge in [0.25, 0.3) is 0 Å². The van der Waals surface area contributed by atoms with Crippen molar-refractivity contribution in [1.82, 2.24) is 9.78 Å². The number of nitro groups is 1. The maximum absolute atomic E-state index is 13.2. The van der Waals surface area contributed by atoms with Gasteiger partial charge in [-0.15, -0.1) is 0 Å². The molecule has 5 nitrogen and oxygen atoms in total. The molecule has 2 aromatic rings. The Morgan fingerprint density at radius 1 is 1.39 bits per heavy atom. The second-order valence-electron chi connectivity index (χ2n) is 3.50. The Morgan fingerprint density at radius 3 is 2.67 bits per heavy atom. The van der Waals surface area contributed by atoms with Crippen molar-refractivity contribution in [3.05, 3.63) is 55.9 Å². The van der Waals surface area contributed by atoms with E-state index in [9.17, 15) is 14.5 Å². The Morgan fingerprint density at radius 2 is 2.11 bits per heavy atom. The fraction of sp³-hybridized carbons (Fsp3) is 0.100. The maximum atomic E-state index is 13.2. The van der Waals surface area contributed by atoms with Crippen molar-refractivity contribution < 1.29 is 9.31 Å². The zero-order valence-corrected chi connectivity index (χ0v) is 10.3. The molecule has 0 fully saturated rings. The molecule has 1 aromatic heterocycles. The van der Waals surface area contributed by atoms with Crippen LogP contribution in [-0.2, 0) is 6.54 Å². The summed E-state index contributed by atoms with van der Waals surface area (Å²) in [7, 11) is 0. The second kappa shape index (κ2) is 4.91. The van der Waals surface area contributed by atoms with Crippen molar-refractivity contribution >= 4 is 29.0 Å². The predicted molar refractivity (Wildman–Crippen MR) is 64.4 cm³/mol. The van der Waals surface area contributed by atoms with E-state index in [2.05, 4.69) is 5.10 Å². The third-order valence-electron chi connectivity index (χ3n) is 2.20. The highest BCUT2D eigenvalue weighted by atomic mass is 35.5. The molecule has 0 saturated heterocycles. The molecule has 0 aliphatic heterocycles. The van der Waals surface area contributed by atoms with Crippen molar-refractivity contribution in [3.8, 4) is 0 Å². The Balaban J connectivity index is 2.26. The lowest BCUT2D eigenvalue weighted by atomic mass is 10.2. The molecule has 0 aliphatic rings. The fourth-order valence-corrected chi connectivity index (χ4v) is 1.75. The van der Waals surface area contributed by atoms with Crippen LogP contribution in [0.2, 0.25) is 10.0 Å². The van der Waals surface area contributed by atoms with Gasteiger partial charge in [-0.1, -0.05) is 29.3 Å². The van der Waals surface area contributed by atoms with Crippen LogP contribution in [0.15, 0.2) is 24.4 Å². The zero-order chi connectivity index (χ0) is 13.3. The van der Waals surface area contributed by atoms with Crippen molar-refractivity contribution in [1.29, 1.82) is 0 Å². The summed E-state index contributed by atoms with van der Waals surface area (Å²) >= 11 is 11.2. The molecule has 0 spiro atoms. The van der Waals surface area contributed by atoms with Gasteiger partial charge in [-0.3, -0.25) is 0 Å². The maximum Gasteiger partial charge on any atom is 0.408 e. The largest absolute Gasteiger partial charge is 0.408 e. The smallest absolute Gasteiger partial charge is 0.358 e. The Bertz CT molecular complexity index is 615. The van der Waals surface area contributed by atoms with E-state index in [-0.39, 0.29) is 16.6 Å². The van der Waals surface area contributed by atoms with E-state index in [0.29, 0.717) is 5.56 Å². The van der Waals surface area contributed by atoms with Crippen LogP contribution < -0.4 is 0 Å². The Hall–Kier alpha value is -1.66. The van der Waals surface area contributed by atoms with Crippen LogP contribution in [0.25, 0.3) is 0 Å². The second-order valence-corrected chi connectivity index (χ2v) is 4.32. The molecule has 0 saturated carbocycles. The normalized spacial score (nSPS) is 10.6. The number of rotatable bonds is 3. The van der Waals surface area contributed by atoms with E-state index in [1.807, 2.05) is 0 Å². The number of benzene rings is 1. The summed E-state index contributed by atoms with van der Waals surface area (Å²) in [6.07, 6.45) is 1.31. The molecule has 94 valence electrons. The first-order valence-corrected chi connectivity index (χ1v) is 5.54. The van der Waals surface area contributed by atoms with E-state index in [0.717, 1.165) is 0 Å². The number of hydrogen-bond donors (Lipinski definition) is 0. The first-order chi connectivity index (χ1) is 8.47. The third-order valence-corrected chi connectivity index (χ3v) is 2.77. The van der Waals surface area contributed by atoms with Crippen LogP contribution in [0, 0.1) is 15.9 Å². The number of aromatic nitrogens is 2. The van der Waals surface area contributed by atoms with Gasteiger partial charge in [0.1, 0.15) is 5.82 Å². The minimum atomic E-state index is -0.679. The summed E-state index contributed by atoms with van der Waals surface area (Å²) < 4.78 is 14.5. The highest BCUT2D eigenvalue weighted by molar-refractivity contribution is 6.32. The molecule has 8 heteroatoms. The topological polar surface area (TPSA) is 61.0 Å². The van der Waals surface area contributed by atoms with E-state index < -0.39 is 16.6 Å². The van der Waals surface area contributed by atoms with Crippen molar-refractivity contribution in [2.45, 2.75) is 6.54 Å². The van der Waals surface area contributed by atoms with Gasteiger partial charge in [0.2, 0.25) is 0 Å². The van der Waals surface area contributed by atoms with E-state index >= 15 is 0 Å². The molecule has 0 atom stereocenters. The number of halogens is 3. The lowest BCUT2D eigenvalue weighted by Gasteiger charge is -1.99. The standard InChI is InChI=1S/C10H6Cl2FN3O2/c11-7-2-1-6(3-9(7)13)4-15-5-8(12)10(14-15)16(17)18/h1-3,5H,4H2. The molecule has 0 N–H and O–H groups in total. The first-order valence-electron chi connectivity index (χ1n) is 4.78. The molecule has 0 bridgehead atoms. The molecule has 2 rings (SSSR count). The van der Waals surface area contributed by atoms with Gasteiger partial charge < -0.3 is 10.1 Å². The summed E-state index contributed by atoms with van der Waals surface area (Å²) in [5, 5.41) is 14.2. The van der Waals surface area contributed by atoms with Gasteiger partial charge >= 0.3 is 5.82 Å². The van der Waals surface area contributed by atoms with E-state index in [4.69, 9.17) is 23.2 Å². The highest BCUT2D eigenvalue weighted by Crippen LogP contribution is 2.22. The summed E-state index contributed by atoms with van der Waals surface area (Å²) in [6, 6.07) is 4.25. The van der Waals surface area contributed by atoms with Gasteiger partial charge in [-0.25, -0.2) is 4.39 Å². The Kier molecular flexibility index (Phi) is 3.49. The number of nitrogens with zero attached hydrogens (tertiary/aromatic N) is 3. The first kappa shape index (κ1) is 12.8. The van der Waals surface area contributed by atoms with Gasteiger partial charge in [-0.2, -0.15) is 4.68 Å². The quantitative estimate of drug-likeness (QED) is 0.643. The average molecular weight is 290 g/mol. The van der Waals surface area contributed by atoms with Crippen LogP contribution in [0.1, 0.15) is 5.56 Å². The summed E-state index contributed by atoms with van der Waals surface area (Å²) in [5.41, 5.74) is 0.575. The minimum Gasteiger partial charge on any atom is -0.358 e. The molecule has 0 unspecified atom stereocenters. The fourth-order valence-electron chi connectivity index (χ4n) is 1.42. The van der Waals surface area contributed by atoms with Crippen molar-refractivity contribution in [3.63, 3.8) is 0 Å². The molecule has 0 aliphatic carbocycles. The lowest BCUT2D eigenvalue weighted by molar-refractivity contribution is -0.389. The predicted octanol–water partition coefficient (Wildman–Crippen LogP) is 3.29. The van der Waals surface area contributed by atoms with Crippen LogP contribution >= 0.6 is 23.2 Å². The van der Waals surface area contributed by atoms with Crippen molar-refractivity contribution in [2.75, 3.05) is 0 Å². The summed E-state index contributed by atoms with van der Waals surface area (Å²) in [4.78, 5) is 9.87. The van der Waals surface area contributed by atoms with Crippen LogP contribution in [0.3, 0.4) is 0 Å². The number of hydrogen-bond acceptors (Lipinski definition) is 3. The van der Waals surface area contributed by atoms with Crippen LogP contribution in [0.5, 0.6) is 0 Å². The zero-order valence-electron chi connectivity index (χ0n) is 8.81. The van der Waals surface area contributed by atoms with Gasteiger partial charge in [-0.05, 0) is 22.6 Å². The molecule has 18 heavy (non-hydrogen) atoms. The minimum absolute atomic E-state index is 0.0169. The molecule has 0 amide bonds. The van der Waals surface area contributed by atoms with Crippen LogP contribution in [0.4, 0.5) is 10.2 Å². The molecule has 0 radical (unpaired) electrons. The third kappa shape index (κ3) is 2.60. The average Bonchev–Trinajstić information content (AvgIpc) is 2.65. The molecule has 1 aromatic carbocycles. The highest BCUT2D eigenvalue weighted by Gasteiger charge is 2.19. The molecular formula is C10H6Cl2FN3O2. The van der Waals surface area contributed by atoms with Crippen LogP contribution in [-0.4, -0.2) is 14.7 Å². The van der Waals surface area contributed by atoms with Crippen molar-refractivity contribution in [2.24, 2.45) is 0 Å². The summed E-state index contributed by atoms with van der Waals surface area (Å²) in [6.45, 7) is 0.168. The van der Waals surface area contributed by atoms with Gasteiger partial charge in [0.15, 0.2) is 5.02 Å².